The Labute approximate surface area is 165 Å². The maximum atomic E-state index is 12.4. The van der Waals surface area contributed by atoms with Crippen LogP contribution in [0, 0.1) is 13.8 Å². The molecule has 27 heavy (non-hydrogen) atoms. The van der Waals surface area contributed by atoms with Crippen LogP contribution in [0.3, 0.4) is 0 Å². The smallest absolute Gasteiger partial charge is 0.234 e. The maximum Gasteiger partial charge on any atom is 0.234 e. The number of carbonyl (C=O) groups excluding carboxylic acids is 1. The Kier molecular flexibility index (Phi) is 6.55. The molecule has 1 aromatic heterocycles. The summed E-state index contributed by atoms with van der Waals surface area (Å²) in [5.74, 6) is 1.49. The Balaban J connectivity index is 1.65. The zero-order valence-corrected chi connectivity index (χ0v) is 17.3. The Morgan fingerprint density at radius 3 is 2.85 bits per heavy atom. The lowest BCUT2D eigenvalue weighted by molar-refractivity contribution is -0.113. The second kappa shape index (κ2) is 8.89. The molecule has 1 fully saturated rings. The molecule has 1 amide bonds. The van der Waals surface area contributed by atoms with Crippen LogP contribution in [-0.2, 0) is 16.1 Å². The summed E-state index contributed by atoms with van der Waals surface area (Å²) in [7, 11) is 0. The van der Waals surface area contributed by atoms with E-state index in [1.54, 1.807) is 0 Å². The van der Waals surface area contributed by atoms with Gasteiger partial charge in [0.1, 0.15) is 5.82 Å². The number of carbonyl (C=O) groups is 1. The molecule has 6 nitrogen and oxygen atoms in total. The van der Waals surface area contributed by atoms with Crippen molar-refractivity contribution in [2.45, 2.75) is 64.3 Å². The number of hydrogen-bond acceptors (Lipinski definition) is 5. The van der Waals surface area contributed by atoms with Gasteiger partial charge < -0.3 is 14.6 Å². The highest BCUT2D eigenvalue weighted by atomic mass is 32.2. The predicted octanol–water partition coefficient (Wildman–Crippen LogP) is 3.93. The van der Waals surface area contributed by atoms with Gasteiger partial charge in [0, 0.05) is 18.2 Å². The summed E-state index contributed by atoms with van der Waals surface area (Å²) in [5.41, 5.74) is 3.11. The fraction of sp³-hybridized carbons (Fsp3) is 0.550. The highest BCUT2D eigenvalue weighted by molar-refractivity contribution is 7.99. The number of ether oxygens (including phenoxy) is 1. The second-order valence-electron chi connectivity index (χ2n) is 7.40. The van der Waals surface area contributed by atoms with Gasteiger partial charge in [0.25, 0.3) is 0 Å². The molecule has 0 bridgehead atoms. The molecule has 1 aliphatic heterocycles. The molecule has 0 saturated carbocycles. The number of hydrogen-bond donors (Lipinski definition) is 1. The van der Waals surface area contributed by atoms with Crippen molar-refractivity contribution in [3.05, 3.63) is 35.2 Å². The van der Waals surface area contributed by atoms with Crippen LogP contribution in [0.2, 0.25) is 0 Å². The van der Waals surface area contributed by atoms with Crippen LogP contribution in [0.5, 0.6) is 0 Å². The first kappa shape index (κ1) is 19.9. The van der Waals surface area contributed by atoms with E-state index in [0.29, 0.717) is 5.75 Å². The number of nitrogens with one attached hydrogen (secondary N) is 1. The summed E-state index contributed by atoms with van der Waals surface area (Å²) in [6.07, 6.45) is 2.37. The van der Waals surface area contributed by atoms with Gasteiger partial charge in [0.2, 0.25) is 5.91 Å². The lowest BCUT2D eigenvalue weighted by Crippen LogP contribution is -2.19. The quantitative estimate of drug-likeness (QED) is 0.728. The van der Waals surface area contributed by atoms with Gasteiger partial charge in [-0.3, -0.25) is 4.79 Å². The van der Waals surface area contributed by atoms with Crippen molar-refractivity contribution in [3.8, 4) is 0 Å². The van der Waals surface area contributed by atoms with Gasteiger partial charge in [-0.25, -0.2) is 0 Å². The SMILES string of the molecule is Cc1ccc(NC(=O)CSc2nnc(C(C)C)n2CC2CCCO2)c(C)c1. The average molecular weight is 389 g/mol. The summed E-state index contributed by atoms with van der Waals surface area (Å²) >= 11 is 1.43. The van der Waals surface area contributed by atoms with E-state index in [2.05, 4.69) is 40.0 Å². The predicted molar refractivity (Wildman–Crippen MR) is 108 cm³/mol. The topological polar surface area (TPSA) is 69.0 Å². The number of anilines is 1. The van der Waals surface area contributed by atoms with E-state index >= 15 is 0 Å². The minimum absolute atomic E-state index is 0.0373. The highest BCUT2D eigenvalue weighted by Gasteiger charge is 2.22. The average Bonchev–Trinajstić information content (AvgIpc) is 3.26. The van der Waals surface area contributed by atoms with Crippen molar-refractivity contribution in [1.82, 2.24) is 14.8 Å². The summed E-state index contributed by atoms with van der Waals surface area (Å²) in [4.78, 5) is 12.4. The maximum absolute atomic E-state index is 12.4. The van der Waals surface area contributed by atoms with Gasteiger partial charge in [-0.15, -0.1) is 10.2 Å². The van der Waals surface area contributed by atoms with Crippen molar-refractivity contribution in [3.63, 3.8) is 0 Å². The third-order valence-corrected chi connectivity index (χ3v) is 5.63. The van der Waals surface area contributed by atoms with Gasteiger partial charge >= 0.3 is 0 Å². The highest BCUT2D eigenvalue weighted by Crippen LogP contribution is 2.25. The van der Waals surface area contributed by atoms with Crippen LogP contribution in [0.4, 0.5) is 5.69 Å². The summed E-state index contributed by atoms with van der Waals surface area (Å²) in [6.45, 7) is 9.84. The van der Waals surface area contributed by atoms with E-state index < -0.39 is 0 Å². The van der Waals surface area contributed by atoms with Crippen molar-refractivity contribution in [2.75, 3.05) is 17.7 Å². The Morgan fingerprint density at radius 1 is 1.37 bits per heavy atom. The number of rotatable bonds is 7. The Morgan fingerprint density at radius 2 is 2.19 bits per heavy atom. The zero-order valence-electron chi connectivity index (χ0n) is 16.5. The van der Waals surface area contributed by atoms with Gasteiger partial charge in [-0.2, -0.15) is 0 Å². The van der Waals surface area contributed by atoms with Gasteiger partial charge in [-0.1, -0.05) is 43.3 Å². The lowest BCUT2D eigenvalue weighted by atomic mass is 10.1. The minimum Gasteiger partial charge on any atom is -0.376 e. The van der Waals surface area contributed by atoms with Crippen molar-refractivity contribution < 1.29 is 9.53 Å². The number of amides is 1. The molecule has 0 radical (unpaired) electrons. The Hall–Kier alpha value is -1.86. The molecule has 1 aliphatic rings. The second-order valence-corrected chi connectivity index (χ2v) is 8.34. The molecule has 1 aromatic carbocycles. The number of nitrogens with zero attached hydrogens (tertiary/aromatic N) is 3. The molecule has 0 aliphatic carbocycles. The van der Waals surface area contributed by atoms with Crippen LogP contribution in [0.1, 0.15) is 49.6 Å². The van der Waals surface area contributed by atoms with Gasteiger partial charge in [0.15, 0.2) is 5.16 Å². The molecule has 1 saturated heterocycles. The molecule has 146 valence electrons. The van der Waals surface area contributed by atoms with Crippen molar-refractivity contribution >= 4 is 23.4 Å². The fourth-order valence-corrected chi connectivity index (χ4v) is 4.02. The van der Waals surface area contributed by atoms with E-state index in [-0.39, 0.29) is 17.9 Å². The molecule has 1 atom stereocenters. The van der Waals surface area contributed by atoms with Crippen molar-refractivity contribution in [2.24, 2.45) is 0 Å². The van der Waals surface area contributed by atoms with Gasteiger partial charge in [0.05, 0.1) is 18.4 Å². The zero-order chi connectivity index (χ0) is 19.4. The number of aryl methyl sites for hydroxylation is 2. The molecule has 1 N–H and O–H groups in total. The fourth-order valence-electron chi connectivity index (χ4n) is 3.27. The molecule has 7 heteroatoms. The standard InChI is InChI=1S/C20H28N4O2S/c1-13(2)19-22-23-20(24(19)11-16-6-5-9-26-16)27-12-18(25)21-17-8-7-14(3)10-15(17)4/h7-8,10,13,16H,5-6,9,11-12H2,1-4H3,(H,21,25). The molecule has 1 unspecified atom stereocenters. The summed E-state index contributed by atoms with van der Waals surface area (Å²) in [6, 6.07) is 6.02. The molecular formula is C20H28N4O2S. The molecule has 2 aromatic rings. The normalized spacial score (nSPS) is 16.9. The van der Waals surface area contributed by atoms with E-state index in [1.165, 1.54) is 17.3 Å². The van der Waals surface area contributed by atoms with Crippen LogP contribution < -0.4 is 5.32 Å². The van der Waals surface area contributed by atoms with Crippen LogP contribution in [0.25, 0.3) is 0 Å². The third kappa shape index (κ3) is 5.11. The number of benzene rings is 1. The monoisotopic (exact) mass is 388 g/mol. The lowest BCUT2D eigenvalue weighted by Gasteiger charge is -2.16. The van der Waals surface area contributed by atoms with E-state index in [1.807, 2.05) is 26.0 Å². The van der Waals surface area contributed by atoms with E-state index in [9.17, 15) is 4.79 Å². The largest absolute Gasteiger partial charge is 0.376 e. The van der Waals surface area contributed by atoms with Crippen molar-refractivity contribution in [1.29, 1.82) is 0 Å². The minimum atomic E-state index is -0.0373. The van der Waals surface area contributed by atoms with Crippen LogP contribution in [0.15, 0.2) is 23.4 Å². The first-order valence-electron chi connectivity index (χ1n) is 9.48. The van der Waals surface area contributed by atoms with Crippen LogP contribution >= 0.6 is 11.8 Å². The molecule has 2 heterocycles. The molecule has 3 rings (SSSR count). The van der Waals surface area contributed by atoms with E-state index in [0.717, 1.165) is 48.2 Å². The first-order chi connectivity index (χ1) is 12.9. The van der Waals surface area contributed by atoms with E-state index in [4.69, 9.17) is 4.74 Å². The molecule has 0 spiro atoms. The first-order valence-corrected chi connectivity index (χ1v) is 10.5. The third-order valence-electron chi connectivity index (χ3n) is 4.66. The number of aromatic nitrogens is 3. The van der Waals surface area contributed by atoms with Crippen LogP contribution in [-0.4, -0.2) is 39.1 Å². The summed E-state index contributed by atoms with van der Waals surface area (Å²) in [5, 5.41) is 12.4. The molecular weight excluding hydrogens is 360 g/mol. The number of thioether (sulfide) groups is 1. The summed E-state index contributed by atoms with van der Waals surface area (Å²) < 4.78 is 7.90. The van der Waals surface area contributed by atoms with Gasteiger partial charge in [-0.05, 0) is 38.3 Å². The Bertz CT molecular complexity index is 797.